The van der Waals surface area contributed by atoms with E-state index in [1.165, 1.54) is 18.0 Å². The van der Waals surface area contributed by atoms with Crippen molar-refractivity contribution in [2.45, 2.75) is 75.6 Å². The quantitative estimate of drug-likeness (QED) is 0.317. The van der Waals surface area contributed by atoms with Gasteiger partial charge < -0.3 is 41.0 Å². The number of ether oxygens (including phenoxy) is 2. The minimum atomic E-state index is -1.22. The highest BCUT2D eigenvalue weighted by Crippen LogP contribution is 2.45. The second-order valence-electron chi connectivity index (χ2n) is 11.8. The molecule has 236 valence electrons. The average molecular weight is 609 g/mol. The molecule has 5 rings (SSSR count). The van der Waals surface area contributed by atoms with Crippen LogP contribution in [0, 0.1) is 12.8 Å². The molecule has 1 saturated heterocycles. The van der Waals surface area contributed by atoms with Gasteiger partial charge in [-0.25, -0.2) is 4.79 Å². The predicted molar refractivity (Wildman–Crippen MR) is 162 cm³/mol. The Morgan fingerprint density at radius 3 is 2.66 bits per heavy atom. The van der Waals surface area contributed by atoms with Gasteiger partial charge in [0.15, 0.2) is 0 Å². The van der Waals surface area contributed by atoms with E-state index in [1.54, 1.807) is 19.2 Å². The lowest BCUT2D eigenvalue weighted by atomic mass is 10.0. The van der Waals surface area contributed by atoms with Crippen LogP contribution in [0.2, 0.25) is 0 Å². The van der Waals surface area contributed by atoms with Crippen molar-refractivity contribution >= 4 is 34.7 Å². The highest BCUT2D eigenvalue weighted by atomic mass is 16.5. The first-order chi connectivity index (χ1) is 21.1. The van der Waals surface area contributed by atoms with Crippen LogP contribution in [-0.4, -0.2) is 78.1 Å². The number of amides is 5. The van der Waals surface area contributed by atoms with Gasteiger partial charge in [0.05, 0.1) is 19.2 Å². The van der Waals surface area contributed by atoms with Crippen molar-refractivity contribution in [1.29, 1.82) is 0 Å². The third-order valence-corrected chi connectivity index (χ3v) is 8.92. The number of rotatable bonds is 5. The number of urea groups is 1. The summed E-state index contributed by atoms with van der Waals surface area (Å²) in [6.45, 7) is 1.85. The summed E-state index contributed by atoms with van der Waals surface area (Å²) >= 11 is 0. The average Bonchev–Trinajstić information content (AvgIpc) is 3.53. The number of benzene rings is 1. The van der Waals surface area contributed by atoms with Crippen molar-refractivity contribution in [3.63, 3.8) is 0 Å². The molecule has 2 aromatic rings. The third kappa shape index (κ3) is 6.08. The first-order valence-corrected chi connectivity index (χ1v) is 15.0. The van der Waals surface area contributed by atoms with E-state index < -0.39 is 47.5 Å². The van der Waals surface area contributed by atoms with Crippen LogP contribution >= 0.6 is 0 Å². The number of nitrogens with two attached hydrogens (primary N) is 1. The Balaban J connectivity index is 1.48. The Kier molecular flexibility index (Phi) is 8.84. The normalized spacial score (nSPS) is 28.0. The van der Waals surface area contributed by atoms with Gasteiger partial charge in [-0.1, -0.05) is 25.0 Å². The topological polar surface area (TPSA) is 185 Å². The number of carbonyl (C=O) groups is 4. The Hall–Kier alpha value is -4.55. The Labute approximate surface area is 254 Å². The first-order valence-electron chi connectivity index (χ1n) is 15.0. The van der Waals surface area contributed by atoms with Gasteiger partial charge in [0.2, 0.25) is 17.7 Å². The van der Waals surface area contributed by atoms with Crippen LogP contribution < -0.4 is 36.7 Å². The molecule has 2 aliphatic heterocycles. The molecule has 6 N–H and O–H groups in total. The van der Waals surface area contributed by atoms with E-state index in [-0.39, 0.29) is 24.4 Å². The predicted octanol–water partition coefficient (Wildman–Crippen LogP) is 1.37. The zero-order valence-electron chi connectivity index (χ0n) is 25.2. The van der Waals surface area contributed by atoms with Gasteiger partial charge in [0, 0.05) is 36.4 Å². The van der Waals surface area contributed by atoms with Crippen LogP contribution in [0.3, 0.4) is 0 Å². The van der Waals surface area contributed by atoms with E-state index in [0.29, 0.717) is 41.7 Å². The molecule has 13 heteroatoms. The number of carbonyl (C=O) groups excluding carboxylic acids is 4. The van der Waals surface area contributed by atoms with E-state index in [9.17, 15) is 24.0 Å². The van der Waals surface area contributed by atoms with Gasteiger partial charge in [0.1, 0.15) is 35.2 Å². The Morgan fingerprint density at radius 1 is 1.14 bits per heavy atom. The summed E-state index contributed by atoms with van der Waals surface area (Å²) < 4.78 is 11.7. The number of H-pyrrole nitrogens is 1. The molecule has 0 spiro atoms. The van der Waals surface area contributed by atoms with Crippen LogP contribution in [0.4, 0.5) is 4.79 Å². The number of aryl methyl sites for hydroxylation is 1. The first kappa shape index (κ1) is 30.9. The number of fused-ring (bicyclic) bond motifs is 3. The highest BCUT2D eigenvalue weighted by Gasteiger charge is 2.60. The summed E-state index contributed by atoms with van der Waals surface area (Å²) in [6.07, 6.45) is 7.32. The summed E-state index contributed by atoms with van der Waals surface area (Å²) in [5.74, 6) is -0.902. The summed E-state index contributed by atoms with van der Waals surface area (Å²) in [4.78, 5) is 69.5. The molecule has 13 nitrogen and oxygen atoms in total. The fourth-order valence-corrected chi connectivity index (χ4v) is 6.34. The number of hydrogen-bond acceptors (Lipinski definition) is 7. The van der Waals surface area contributed by atoms with Crippen molar-refractivity contribution in [3.05, 3.63) is 46.3 Å². The number of pyridine rings is 1. The van der Waals surface area contributed by atoms with Gasteiger partial charge in [-0.2, -0.15) is 0 Å². The van der Waals surface area contributed by atoms with Gasteiger partial charge >= 0.3 is 6.03 Å². The second-order valence-corrected chi connectivity index (χ2v) is 11.8. The lowest BCUT2D eigenvalue weighted by Gasteiger charge is -2.29. The largest absolute Gasteiger partial charge is 0.496 e. The zero-order valence-corrected chi connectivity index (χ0v) is 25.2. The third-order valence-electron chi connectivity index (χ3n) is 8.92. The van der Waals surface area contributed by atoms with Crippen LogP contribution in [0.1, 0.15) is 50.5 Å². The molecule has 1 aliphatic carbocycles. The van der Waals surface area contributed by atoms with Crippen molar-refractivity contribution in [3.8, 4) is 11.5 Å². The number of aromatic amines is 1. The zero-order chi connectivity index (χ0) is 31.6. The monoisotopic (exact) mass is 608 g/mol. The molecular formula is C31H40N6O7. The molecule has 2 fully saturated rings. The van der Waals surface area contributed by atoms with Crippen molar-refractivity contribution < 1.29 is 28.7 Å². The molecule has 3 aliphatic rings. The van der Waals surface area contributed by atoms with Crippen molar-refractivity contribution in [2.75, 3.05) is 20.7 Å². The summed E-state index contributed by atoms with van der Waals surface area (Å²) in [7, 11) is 3.01. The number of nitrogens with one attached hydrogen (secondary N) is 4. The van der Waals surface area contributed by atoms with E-state index in [0.717, 1.165) is 24.8 Å². The van der Waals surface area contributed by atoms with Crippen LogP contribution in [0.15, 0.2) is 35.1 Å². The van der Waals surface area contributed by atoms with Crippen molar-refractivity contribution in [1.82, 2.24) is 25.8 Å². The van der Waals surface area contributed by atoms with E-state index in [4.69, 9.17) is 15.2 Å². The Morgan fingerprint density at radius 2 is 1.93 bits per heavy atom. The molecule has 0 radical (unpaired) electrons. The maximum absolute atomic E-state index is 14.0. The number of allylic oxidation sites excluding steroid dienone is 1. The smallest absolute Gasteiger partial charge is 0.315 e. The second kappa shape index (κ2) is 12.6. The molecule has 44 heavy (non-hydrogen) atoms. The fraction of sp³-hybridized carbons (Fsp3) is 0.516. The summed E-state index contributed by atoms with van der Waals surface area (Å²) in [5, 5.41) is 8.72. The van der Waals surface area contributed by atoms with Crippen molar-refractivity contribution in [2.24, 2.45) is 11.7 Å². The van der Waals surface area contributed by atoms with Crippen LogP contribution in [0.25, 0.3) is 10.9 Å². The Bertz CT molecular complexity index is 1550. The standard InChI is InChI=1S/C31H40N6O7/c1-17-23(43-3)12-11-20-24(14-25(38)35-26(17)20)44-19-13-22-27(39)36-31(29(32)41)15-18(31)9-7-5-4-6-8-10-21(34-30(42)33-2)28(40)37(22)16-19/h7,9,11-12,14,18-19,21-22H,4-6,8,10,13,15-16H2,1-3H3,(H2,32,41)(H,35,38)(H,36,39)(H2,33,34,42)/b9-7-/t18-,19-,21+,22+,31-/m1/s1. The number of nitrogens with zero attached hydrogens (tertiary/aromatic N) is 1. The minimum absolute atomic E-state index is 0.0270. The number of methoxy groups -OCH3 is 1. The SMILES string of the molecule is CNC(=O)N[C@H]1CCCCC/C=C\[C@@H]2C[C@@]2(C(N)=O)NC(=O)[C@@H]2C[C@@H](Oc3cc(=O)[nH]c4c(C)c(OC)ccc34)CN2C1=O. The lowest BCUT2D eigenvalue weighted by Crippen LogP contribution is -2.57. The molecule has 5 atom stereocenters. The van der Waals surface area contributed by atoms with Crippen LogP contribution in [-0.2, 0) is 14.4 Å². The lowest BCUT2D eigenvalue weighted by molar-refractivity contribution is -0.141. The summed E-state index contributed by atoms with van der Waals surface area (Å²) in [5.41, 5.74) is 5.45. The minimum Gasteiger partial charge on any atom is -0.496 e. The molecule has 1 aromatic heterocycles. The summed E-state index contributed by atoms with van der Waals surface area (Å²) in [6, 6.07) is 2.51. The van der Waals surface area contributed by atoms with E-state index in [2.05, 4.69) is 20.9 Å². The molecule has 0 unspecified atom stereocenters. The van der Waals surface area contributed by atoms with E-state index >= 15 is 0 Å². The van der Waals surface area contributed by atoms with Crippen LogP contribution in [0.5, 0.6) is 11.5 Å². The van der Waals surface area contributed by atoms with Gasteiger partial charge in [-0.3, -0.25) is 19.2 Å². The maximum atomic E-state index is 14.0. The number of aromatic nitrogens is 1. The van der Waals surface area contributed by atoms with E-state index in [1.807, 2.05) is 19.1 Å². The highest BCUT2D eigenvalue weighted by molar-refractivity contribution is 5.98. The number of primary amides is 1. The van der Waals surface area contributed by atoms with Gasteiger partial charge in [0.25, 0.3) is 5.56 Å². The van der Waals surface area contributed by atoms with Gasteiger partial charge in [-0.15, -0.1) is 0 Å². The molecular weight excluding hydrogens is 568 g/mol. The van der Waals surface area contributed by atoms with Gasteiger partial charge in [-0.05, 0) is 44.7 Å². The number of hydrogen-bond donors (Lipinski definition) is 5. The molecule has 1 saturated carbocycles. The molecule has 0 bridgehead atoms. The maximum Gasteiger partial charge on any atom is 0.315 e. The molecule has 5 amide bonds. The fourth-order valence-electron chi connectivity index (χ4n) is 6.34. The molecule has 3 heterocycles. The molecule has 1 aromatic carbocycles.